The number of hydrogen-bond donors (Lipinski definition) is 1. The van der Waals surface area contributed by atoms with Crippen molar-refractivity contribution in [3.8, 4) is 0 Å². The Balaban J connectivity index is 1.54. The SMILES string of the molecule is c1ccc(CN2CCC3(CCCCCN3)CC2)cc1. The molecule has 2 saturated heterocycles. The van der Waals surface area contributed by atoms with Gasteiger partial charge in [0.05, 0.1) is 0 Å². The second kappa shape index (κ2) is 6.06. The van der Waals surface area contributed by atoms with Crippen LogP contribution in [0.2, 0.25) is 0 Å². The number of rotatable bonds is 2. The van der Waals surface area contributed by atoms with E-state index < -0.39 is 0 Å². The van der Waals surface area contributed by atoms with E-state index in [4.69, 9.17) is 0 Å². The van der Waals surface area contributed by atoms with Crippen molar-refractivity contribution in [2.45, 2.75) is 50.6 Å². The number of benzene rings is 1. The lowest BCUT2D eigenvalue weighted by Gasteiger charge is -2.42. The van der Waals surface area contributed by atoms with Gasteiger partial charge in [-0.15, -0.1) is 0 Å². The third kappa shape index (κ3) is 3.37. The fourth-order valence-corrected chi connectivity index (χ4v) is 3.61. The number of likely N-dealkylation sites (tertiary alicyclic amines) is 1. The zero-order chi connectivity index (χ0) is 13.0. The van der Waals surface area contributed by atoms with E-state index in [2.05, 4.69) is 40.5 Å². The first kappa shape index (κ1) is 13.1. The summed E-state index contributed by atoms with van der Waals surface area (Å²) in [5.41, 5.74) is 1.93. The standard InChI is InChI=1S/C17H26N2/c1-3-7-16(8-4-1)15-19-13-10-17(11-14-19)9-5-2-6-12-18-17/h1,3-4,7-8,18H,2,5-6,9-15H2. The van der Waals surface area contributed by atoms with E-state index in [1.807, 2.05) is 0 Å². The van der Waals surface area contributed by atoms with Crippen molar-refractivity contribution in [3.63, 3.8) is 0 Å². The molecule has 2 fully saturated rings. The van der Waals surface area contributed by atoms with Crippen molar-refractivity contribution in [2.24, 2.45) is 0 Å². The molecular formula is C17H26N2. The fourth-order valence-electron chi connectivity index (χ4n) is 3.61. The van der Waals surface area contributed by atoms with Crippen LogP contribution in [0.1, 0.15) is 44.1 Å². The number of hydrogen-bond acceptors (Lipinski definition) is 2. The summed E-state index contributed by atoms with van der Waals surface area (Å²) >= 11 is 0. The maximum absolute atomic E-state index is 3.85. The van der Waals surface area contributed by atoms with Gasteiger partial charge in [-0.05, 0) is 37.8 Å². The van der Waals surface area contributed by atoms with Crippen LogP contribution < -0.4 is 5.32 Å². The molecule has 19 heavy (non-hydrogen) atoms. The number of piperidine rings is 1. The zero-order valence-electron chi connectivity index (χ0n) is 11.9. The second-order valence-corrected chi connectivity index (χ2v) is 6.28. The maximum Gasteiger partial charge on any atom is 0.0233 e. The summed E-state index contributed by atoms with van der Waals surface area (Å²) in [7, 11) is 0. The van der Waals surface area contributed by atoms with Gasteiger partial charge in [0.15, 0.2) is 0 Å². The molecule has 0 saturated carbocycles. The summed E-state index contributed by atoms with van der Waals surface area (Å²) in [4.78, 5) is 2.62. The lowest BCUT2D eigenvalue weighted by atomic mass is 9.83. The summed E-state index contributed by atoms with van der Waals surface area (Å²) < 4.78 is 0. The van der Waals surface area contributed by atoms with E-state index in [0.29, 0.717) is 5.54 Å². The Bertz CT molecular complexity index is 370. The van der Waals surface area contributed by atoms with Gasteiger partial charge in [-0.25, -0.2) is 0 Å². The fraction of sp³-hybridized carbons (Fsp3) is 0.647. The predicted octanol–water partition coefficient (Wildman–Crippen LogP) is 3.18. The van der Waals surface area contributed by atoms with Gasteiger partial charge in [0.25, 0.3) is 0 Å². The van der Waals surface area contributed by atoms with E-state index in [1.54, 1.807) is 0 Å². The van der Waals surface area contributed by atoms with Crippen LogP contribution in [-0.2, 0) is 6.54 Å². The summed E-state index contributed by atoms with van der Waals surface area (Å²) in [5.74, 6) is 0. The topological polar surface area (TPSA) is 15.3 Å². The normalized spacial score (nSPS) is 24.2. The smallest absolute Gasteiger partial charge is 0.0233 e. The zero-order valence-corrected chi connectivity index (χ0v) is 11.9. The molecule has 0 unspecified atom stereocenters. The first-order valence-electron chi connectivity index (χ1n) is 7.88. The molecular weight excluding hydrogens is 232 g/mol. The first-order chi connectivity index (χ1) is 9.36. The van der Waals surface area contributed by atoms with Crippen molar-refractivity contribution < 1.29 is 0 Å². The third-order valence-corrected chi connectivity index (χ3v) is 4.89. The first-order valence-corrected chi connectivity index (χ1v) is 7.88. The van der Waals surface area contributed by atoms with Gasteiger partial charge >= 0.3 is 0 Å². The lowest BCUT2D eigenvalue weighted by molar-refractivity contribution is 0.126. The van der Waals surface area contributed by atoms with Gasteiger partial charge in [-0.1, -0.05) is 43.2 Å². The van der Waals surface area contributed by atoms with Crippen LogP contribution in [0.3, 0.4) is 0 Å². The third-order valence-electron chi connectivity index (χ3n) is 4.89. The van der Waals surface area contributed by atoms with Crippen molar-refractivity contribution in [1.82, 2.24) is 10.2 Å². The molecule has 0 radical (unpaired) electrons. The average Bonchev–Trinajstić information content (AvgIpc) is 2.69. The highest BCUT2D eigenvalue weighted by Gasteiger charge is 2.34. The molecule has 0 amide bonds. The Kier molecular flexibility index (Phi) is 4.19. The number of nitrogens with one attached hydrogen (secondary N) is 1. The summed E-state index contributed by atoms with van der Waals surface area (Å²) in [6.45, 7) is 4.86. The molecule has 1 aromatic carbocycles. The molecule has 1 aromatic rings. The van der Waals surface area contributed by atoms with E-state index in [0.717, 1.165) is 6.54 Å². The van der Waals surface area contributed by atoms with Crippen LogP contribution in [0.25, 0.3) is 0 Å². The van der Waals surface area contributed by atoms with Crippen molar-refractivity contribution >= 4 is 0 Å². The van der Waals surface area contributed by atoms with Crippen LogP contribution in [0, 0.1) is 0 Å². The summed E-state index contributed by atoms with van der Waals surface area (Å²) in [6.07, 6.45) is 8.27. The quantitative estimate of drug-likeness (QED) is 0.876. The highest BCUT2D eigenvalue weighted by molar-refractivity contribution is 5.14. The molecule has 1 N–H and O–H groups in total. The lowest BCUT2D eigenvalue weighted by Crippen LogP contribution is -2.52. The second-order valence-electron chi connectivity index (χ2n) is 6.28. The molecule has 2 aliphatic rings. The van der Waals surface area contributed by atoms with Gasteiger partial charge in [0.2, 0.25) is 0 Å². The van der Waals surface area contributed by atoms with E-state index >= 15 is 0 Å². The Morgan fingerprint density at radius 2 is 1.74 bits per heavy atom. The van der Waals surface area contributed by atoms with Gasteiger partial charge in [-0.3, -0.25) is 4.90 Å². The minimum Gasteiger partial charge on any atom is -0.311 e. The molecule has 104 valence electrons. The van der Waals surface area contributed by atoms with Gasteiger partial charge in [-0.2, -0.15) is 0 Å². The largest absolute Gasteiger partial charge is 0.311 e. The Hall–Kier alpha value is -0.860. The molecule has 2 nitrogen and oxygen atoms in total. The van der Waals surface area contributed by atoms with Crippen LogP contribution in [0.15, 0.2) is 30.3 Å². The minimum absolute atomic E-state index is 0.476. The highest BCUT2D eigenvalue weighted by atomic mass is 15.2. The molecule has 0 bridgehead atoms. The van der Waals surface area contributed by atoms with Crippen LogP contribution in [0.4, 0.5) is 0 Å². The molecule has 2 heteroatoms. The van der Waals surface area contributed by atoms with Crippen LogP contribution in [-0.4, -0.2) is 30.1 Å². The van der Waals surface area contributed by atoms with Crippen LogP contribution in [0.5, 0.6) is 0 Å². The van der Waals surface area contributed by atoms with E-state index in [9.17, 15) is 0 Å². The van der Waals surface area contributed by atoms with E-state index in [1.165, 1.54) is 63.7 Å². The molecule has 1 spiro atoms. The summed E-state index contributed by atoms with van der Waals surface area (Å²) in [6, 6.07) is 10.9. The van der Waals surface area contributed by atoms with E-state index in [-0.39, 0.29) is 0 Å². The molecule has 2 aliphatic heterocycles. The Morgan fingerprint density at radius 1 is 0.947 bits per heavy atom. The van der Waals surface area contributed by atoms with Crippen molar-refractivity contribution in [3.05, 3.63) is 35.9 Å². The van der Waals surface area contributed by atoms with Gasteiger partial charge in [0.1, 0.15) is 0 Å². The predicted molar refractivity (Wildman–Crippen MR) is 80.2 cm³/mol. The van der Waals surface area contributed by atoms with Gasteiger partial charge in [0, 0.05) is 25.2 Å². The minimum atomic E-state index is 0.476. The van der Waals surface area contributed by atoms with Gasteiger partial charge < -0.3 is 5.32 Å². The highest BCUT2D eigenvalue weighted by Crippen LogP contribution is 2.30. The Morgan fingerprint density at radius 3 is 2.53 bits per heavy atom. The summed E-state index contributed by atoms with van der Waals surface area (Å²) in [5, 5.41) is 3.85. The van der Waals surface area contributed by atoms with Crippen molar-refractivity contribution in [1.29, 1.82) is 0 Å². The number of nitrogens with zero attached hydrogens (tertiary/aromatic N) is 1. The van der Waals surface area contributed by atoms with Crippen LogP contribution >= 0.6 is 0 Å². The average molecular weight is 258 g/mol. The molecule has 0 atom stereocenters. The maximum atomic E-state index is 3.85. The monoisotopic (exact) mass is 258 g/mol. The Labute approximate surface area is 117 Å². The molecule has 0 aliphatic carbocycles. The molecule has 2 heterocycles. The van der Waals surface area contributed by atoms with Crippen molar-refractivity contribution in [2.75, 3.05) is 19.6 Å². The molecule has 3 rings (SSSR count). The molecule has 0 aromatic heterocycles.